The summed E-state index contributed by atoms with van der Waals surface area (Å²) in [7, 11) is 3.50. The molecule has 102 valence electrons. The first-order valence-electron chi connectivity index (χ1n) is 6.07. The predicted molar refractivity (Wildman–Crippen MR) is 73.5 cm³/mol. The Hall–Kier alpha value is -0.640. The van der Waals surface area contributed by atoms with E-state index >= 15 is 0 Å². The lowest BCUT2D eigenvalue weighted by atomic mass is 9.94. The molecule has 0 spiro atoms. The van der Waals surface area contributed by atoms with Gasteiger partial charge in [-0.1, -0.05) is 17.7 Å². The molecule has 1 unspecified atom stereocenters. The van der Waals surface area contributed by atoms with Crippen LogP contribution in [0.3, 0.4) is 0 Å². The molecule has 1 rings (SSSR count). The molecule has 0 aliphatic rings. The van der Waals surface area contributed by atoms with Gasteiger partial charge in [-0.2, -0.15) is 0 Å². The van der Waals surface area contributed by atoms with Crippen LogP contribution in [0.5, 0.6) is 0 Å². The largest absolute Gasteiger partial charge is 0.379 e. The minimum atomic E-state index is -0.267. The Morgan fingerprint density at radius 3 is 2.61 bits per heavy atom. The van der Waals surface area contributed by atoms with Gasteiger partial charge in [-0.25, -0.2) is 4.39 Å². The molecule has 0 aliphatic carbocycles. The van der Waals surface area contributed by atoms with Gasteiger partial charge in [0.15, 0.2) is 0 Å². The van der Waals surface area contributed by atoms with Crippen molar-refractivity contribution >= 4 is 11.6 Å². The zero-order valence-electron chi connectivity index (χ0n) is 11.4. The van der Waals surface area contributed by atoms with Crippen LogP contribution in [-0.2, 0) is 4.74 Å². The second kappa shape index (κ2) is 6.50. The molecule has 0 aliphatic heterocycles. The maximum absolute atomic E-state index is 13.8. The Morgan fingerprint density at radius 1 is 1.44 bits per heavy atom. The van der Waals surface area contributed by atoms with E-state index in [9.17, 15) is 4.39 Å². The van der Waals surface area contributed by atoms with Crippen LogP contribution < -0.4 is 5.32 Å². The van der Waals surface area contributed by atoms with Gasteiger partial charge in [-0.15, -0.1) is 0 Å². The molecule has 0 radical (unpaired) electrons. The van der Waals surface area contributed by atoms with Crippen LogP contribution in [-0.4, -0.2) is 19.8 Å². The molecular formula is C14H21ClFNO. The lowest BCUT2D eigenvalue weighted by molar-refractivity contribution is 0.0117. The smallest absolute Gasteiger partial charge is 0.129 e. The monoisotopic (exact) mass is 273 g/mol. The molecular weight excluding hydrogens is 253 g/mol. The highest BCUT2D eigenvalue weighted by Crippen LogP contribution is 2.30. The maximum atomic E-state index is 13.8. The molecule has 1 aromatic rings. The van der Waals surface area contributed by atoms with Gasteiger partial charge in [-0.05, 0) is 45.9 Å². The summed E-state index contributed by atoms with van der Waals surface area (Å²) >= 11 is 6.08. The summed E-state index contributed by atoms with van der Waals surface area (Å²) in [6.07, 6.45) is 1.58. The second-order valence-electron chi connectivity index (χ2n) is 4.98. The van der Waals surface area contributed by atoms with E-state index in [2.05, 4.69) is 5.32 Å². The van der Waals surface area contributed by atoms with Crippen molar-refractivity contribution in [2.45, 2.75) is 38.3 Å². The highest BCUT2D eigenvalue weighted by atomic mass is 35.5. The van der Waals surface area contributed by atoms with Crippen LogP contribution in [0.1, 0.15) is 38.3 Å². The number of hydrogen-bond acceptors (Lipinski definition) is 2. The Balaban J connectivity index is 2.84. The first-order chi connectivity index (χ1) is 8.41. The lowest BCUT2D eigenvalue weighted by Gasteiger charge is -2.26. The second-order valence-corrected chi connectivity index (χ2v) is 5.39. The SMILES string of the molecule is CNC(CCC(C)(C)OC)c1c(F)cccc1Cl. The average Bonchev–Trinajstić information content (AvgIpc) is 2.33. The number of rotatable bonds is 6. The van der Waals surface area contributed by atoms with E-state index in [-0.39, 0.29) is 17.5 Å². The number of nitrogens with one attached hydrogen (secondary N) is 1. The summed E-state index contributed by atoms with van der Waals surface area (Å²) < 4.78 is 19.2. The van der Waals surface area contributed by atoms with Gasteiger partial charge in [0.25, 0.3) is 0 Å². The van der Waals surface area contributed by atoms with Gasteiger partial charge in [0.1, 0.15) is 5.82 Å². The van der Waals surface area contributed by atoms with Crippen LogP contribution in [0, 0.1) is 5.82 Å². The summed E-state index contributed by atoms with van der Waals surface area (Å²) in [6.45, 7) is 4.03. The van der Waals surface area contributed by atoms with Gasteiger partial charge >= 0.3 is 0 Å². The Morgan fingerprint density at radius 2 is 2.11 bits per heavy atom. The quantitative estimate of drug-likeness (QED) is 0.847. The minimum absolute atomic E-state index is 0.104. The first kappa shape index (κ1) is 15.4. The molecule has 1 N–H and O–H groups in total. The predicted octanol–water partition coefficient (Wildman–Crippen LogP) is 3.94. The van der Waals surface area contributed by atoms with Crippen molar-refractivity contribution in [2.24, 2.45) is 0 Å². The van der Waals surface area contributed by atoms with Crippen molar-refractivity contribution in [2.75, 3.05) is 14.2 Å². The Kier molecular flexibility index (Phi) is 5.57. The third kappa shape index (κ3) is 3.94. The van der Waals surface area contributed by atoms with Gasteiger partial charge < -0.3 is 10.1 Å². The lowest BCUT2D eigenvalue weighted by Crippen LogP contribution is -2.26. The molecule has 18 heavy (non-hydrogen) atoms. The van der Waals surface area contributed by atoms with Crippen LogP contribution in [0.4, 0.5) is 4.39 Å². The maximum Gasteiger partial charge on any atom is 0.129 e. The molecule has 1 aromatic carbocycles. The van der Waals surface area contributed by atoms with E-state index in [1.54, 1.807) is 19.2 Å². The summed E-state index contributed by atoms with van der Waals surface area (Å²) in [5, 5.41) is 3.58. The molecule has 0 amide bonds. The van der Waals surface area contributed by atoms with Crippen LogP contribution in [0.25, 0.3) is 0 Å². The van der Waals surface area contributed by atoms with E-state index in [1.807, 2.05) is 20.9 Å². The topological polar surface area (TPSA) is 21.3 Å². The fraction of sp³-hybridized carbons (Fsp3) is 0.571. The highest BCUT2D eigenvalue weighted by Gasteiger charge is 2.22. The van der Waals surface area contributed by atoms with E-state index in [0.717, 1.165) is 12.8 Å². The molecule has 0 saturated carbocycles. The average molecular weight is 274 g/mol. The molecule has 4 heteroatoms. The molecule has 0 heterocycles. The zero-order chi connectivity index (χ0) is 13.8. The number of halogens is 2. The number of methoxy groups -OCH3 is 1. The third-order valence-electron chi connectivity index (χ3n) is 3.28. The molecule has 2 nitrogen and oxygen atoms in total. The van der Waals surface area contributed by atoms with Crippen molar-refractivity contribution < 1.29 is 9.13 Å². The standard InChI is InChI=1S/C14H21ClFNO/c1-14(2,18-4)9-8-12(17-3)13-10(15)6-5-7-11(13)16/h5-7,12,17H,8-9H2,1-4H3. The van der Waals surface area contributed by atoms with E-state index in [1.165, 1.54) is 6.07 Å². The molecule has 1 atom stereocenters. The van der Waals surface area contributed by atoms with Crippen LogP contribution in [0.2, 0.25) is 5.02 Å². The first-order valence-corrected chi connectivity index (χ1v) is 6.45. The fourth-order valence-electron chi connectivity index (χ4n) is 1.87. The molecule has 0 aromatic heterocycles. The van der Waals surface area contributed by atoms with Crippen molar-refractivity contribution in [1.29, 1.82) is 0 Å². The Labute approximate surface area is 113 Å². The van der Waals surface area contributed by atoms with Crippen LogP contribution in [0.15, 0.2) is 18.2 Å². The van der Waals surface area contributed by atoms with E-state index < -0.39 is 0 Å². The number of ether oxygens (including phenoxy) is 1. The number of benzene rings is 1. The van der Waals surface area contributed by atoms with Gasteiger partial charge in [-0.3, -0.25) is 0 Å². The summed E-state index contributed by atoms with van der Waals surface area (Å²) in [4.78, 5) is 0. The third-order valence-corrected chi connectivity index (χ3v) is 3.61. The van der Waals surface area contributed by atoms with Crippen LogP contribution >= 0.6 is 11.6 Å². The van der Waals surface area contributed by atoms with E-state index in [4.69, 9.17) is 16.3 Å². The van der Waals surface area contributed by atoms with Crippen molar-refractivity contribution in [3.8, 4) is 0 Å². The van der Waals surface area contributed by atoms with E-state index in [0.29, 0.717) is 10.6 Å². The summed E-state index contributed by atoms with van der Waals surface area (Å²) in [6, 6.07) is 4.67. The summed E-state index contributed by atoms with van der Waals surface area (Å²) in [5.41, 5.74) is 0.320. The minimum Gasteiger partial charge on any atom is -0.379 e. The number of hydrogen-bond donors (Lipinski definition) is 1. The molecule has 0 bridgehead atoms. The fourth-order valence-corrected chi connectivity index (χ4v) is 2.17. The summed E-state index contributed by atoms with van der Waals surface area (Å²) in [5.74, 6) is -0.267. The normalized spacial score (nSPS) is 13.7. The van der Waals surface area contributed by atoms with Crippen molar-refractivity contribution in [1.82, 2.24) is 5.32 Å². The molecule has 0 saturated heterocycles. The van der Waals surface area contributed by atoms with Crippen molar-refractivity contribution in [3.63, 3.8) is 0 Å². The molecule has 0 fully saturated rings. The zero-order valence-corrected chi connectivity index (χ0v) is 12.1. The van der Waals surface area contributed by atoms with Gasteiger partial charge in [0.05, 0.1) is 5.60 Å². The highest BCUT2D eigenvalue weighted by molar-refractivity contribution is 6.31. The van der Waals surface area contributed by atoms with Gasteiger partial charge in [0.2, 0.25) is 0 Å². The Bertz CT molecular complexity index is 375. The van der Waals surface area contributed by atoms with Crippen molar-refractivity contribution in [3.05, 3.63) is 34.6 Å². The van der Waals surface area contributed by atoms with Gasteiger partial charge in [0, 0.05) is 23.7 Å².